The first-order valence-corrected chi connectivity index (χ1v) is 7.94. The quantitative estimate of drug-likeness (QED) is 0.324. The van der Waals surface area contributed by atoms with E-state index in [9.17, 15) is 31.2 Å². The molecule has 2 heterocycles. The number of alkyl halides is 3. The molecule has 9 nitrogen and oxygen atoms in total. The molecule has 0 radical (unpaired) electrons. The number of hydrogen-bond acceptors (Lipinski definition) is 9. The summed E-state index contributed by atoms with van der Waals surface area (Å²) in [5.74, 6) is -2.84. The summed E-state index contributed by atoms with van der Waals surface area (Å²) in [4.78, 5) is 30.1. The normalized spacial score (nSPS) is 11.9. The largest absolute Gasteiger partial charge is 0.534 e. The number of esters is 1. The summed E-state index contributed by atoms with van der Waals surface area (Å²) in [6, 6.07) is 1.66. The fourth-order valence-corrected chi connectivity index (χ4v) is 2.09. The smallest absolute Gasteiger partial charge is 0.464 e. The van der Waals surface area contributed by atoms with E-state index < -0.39 is 44.7 Å². The van der Waals surface area contributed by atoms with Crippen molar-refractivity contribution in [2.75, 3.05) is 7.11 Å². The van der Waals surface area contributed by atoms with Gasteiger partial charge in [0.15, 0.2) is 5.75 Å². The number of methoxy groups -OCH3 is 1. The van der Waals surface area contributed by atoms with Crippen LogP contribution < -0.4 is 4.18 Å². The van der Waals surface area contributed by atoms with Gasteiger partial charge >= 0.3 is 21.6 Å². The Kier molecular flexibility index (Phi) is 5.02. The highest BCUT2D eigenvalue weighted by molar-refractivity contribution is 7.88. The number of nitrogens with zero attached hydrogens (tertiary/aromatic N) is 2. The molecule has 0 aliphatic heterocycles. The fraction of sp³-hybridized carbons (Fsp3) is 0.231. The van der Waals surface area contributed by atoms with Crippen LogP contribution in [-0.4, -0.2) is 42.8 Å². The van der Waals surface area contributed by atoms with Crippen LogP contribution in [0, 0.1) is 0 Å². The van der Waals surface area contributed by atoms with Gasteiger partial charge in [0.05, 0.1) is 7.11 Å². The van der Waals surface area contributed by atoms with Crippen LogP contribution in [0.15, 0.2) is 22.8 Å². The maximum absolute atomic E-state index is 12.5. The molecule has 0 aliphatic carbocycles. The van der Waals surface area contributed by atoms with Crippen molar-refractivity contribution in [2.45, 2.75) is 12.4 Å². The minimum Gasteiger partial charge on any atom is -0.464 e. The highest BCUT2D eigenvalue weighted by atomic mass is 32.2. The molecule has 140 valence electrons. The molecule has 26 heavy (non-hydrogen) atoms. The van der Waals surface area contributed by atoms with Crippen molar-refractivity contribution >= 4 is 21.9 Å². The Balaban J connectivity index is 2.60. The Labute approximate surface area is 143 Å². The van der Waals surface area contributed by atoms with E-state index in [1.165, 1.54) is 0 Å². The van der Waals surface area contributed by atoms with E-state index in [4.69, 9.17) is 4.42 Å². The van der Waals surface area contributed by atoms with Crippen molar-refractivity contribution in [3.05, 3.63) is 30.0 Å². The van der Waals surface area contributed by atoms with Crippen LogP contribution in [0.3, 0.4) is 0 Å². The van der Waals surface area contributed by atoms with Gasteiger partial charge in [0, 0.05) is 6.92 Å². The number of hydrogen-bond donors (Lipinski definition) is 0. The zero-order chi connectivity index (χ0) is 19.7. The molecule has 0 aliphatic rings. The number of pyridine rings is 1. The molecule has 0 bridgehead atoms. The average Bonchev–Trinajstić information content (AvgIpc) is 3.03. The SMILES string of the molecule is COC(=O)c1ccc(OS(=O)(=O)C(F)(F)F)c(-c2coc(C(C)=O)n2)n1. The molecule has 2 aromatic heterocycles. The molecule has 0 unspecified atom stereocenters. The van der Waals surface area contributed by atoms with Gasteiger partial charge in [-0.05, 0) is 12.1 Å². The molecule has 0 fully saturated rings. The Hall–Kier alpha value is -2.96. The highest BCUT2D eigenvalue weighted by Gasteiger charge is 2.49. The second-order valence-corrected chi connectivity index (χ2v) is 6.15. The Bertz CT molecular complexity index is 966. The highest BCUT2D eigenvalue weighted by Crippen LogP contribution is 2.33. The second kappa shape index (κ2) is 6.74. The van der Waals surface area contributed by atoms with Gasteiger partial charge in [0.25, 0.3) is 5.89 Å². The van der Waals surface area contributed by atoms with E-state index in [2.05, 4.69) is 18.9 Å². The van der Waals surface area contributed by atoms with Gasteiger partial charge in [-0.1, -0.05) is 0 Å². The van der Waals surface area contributed by atoms with Gasteiger partial charge in [-0.2, -0.15) is 21.6 Å². The third kappa shape index (κ3) is 3.82. The molecule has 2 rings (SSSR count). The van der Waals surface area contributed by atoms with E-state index in [1.807, 2.05) is 0 Å². The molecule has 0 aromatic carbocycles. The first-order valence-electron chi connectivity index (χ1n) is 6.53. The number of halogens is 3. The molecule has 0 N–H and O–H groups in total. The van der Waals surface area contributed by atoms with Gasteiger partial charge < -0.3 is 13.3 Å². The first-order chi connectivity index (χ1) is 12.0. The predicted molar refractivity (Wildman–Crippen MR) is 76.7 cm³/mol. The third-order valence-electron chi connectivity index (χ3n) is 2.78. The summed E-state index contributed by atoms with van der Waals surface area (Å²) >= 11 is 0. The van der Waals surface area contributed by atoms with Crippen molar-refractivity contribution in [2.24, 2.45) is 0 Å². The zero-order valence-electron chi connectivity index (χ0n) is 13.0. The van der Waals surface area contributed by atoms with Crippen LogP contribution in [0.5, 0.6) is 5.75 Å². The number of aromatic nitrogens is 2. The summed E-state index contributed by atoms with van der Waals surface area (Å²) in [6.07, 6.45) is 0.840. The average molecular weight is 394 g/mol. The number of ether oxygens (including phenoxy) is 1. The van der Waals surface area contributed by atoms with E-state index in [0.717, 1.165) is 32.4 Å². The second-order valence-electron chi connectivity index (χ2n) is 4.61. The number of rotatable bonds is 5. The number of Topliss-reactive ketones (excluding diaryl/α,β-unsaturated/α-hetero) is 1. The number of oxazole rings is 1. The maximum atomic E-state index is 12.5. The van der Waals surface area contributed by atoms with Gasteiger partial charge in [-0.25, -0.2) is 14.8 Å². The zero-order valence-corrected chi connectivity index (χ0v) is 13.8. The van der Waals surface area contributed by atoms with Crippen molar-refractivity contribution in [1.82, 2.24) is 9.97 Å². The van der Waals surface area contributed by atoms with Crippen LogP contribution >= 0.6 is 0 Å². The Morgan fingerprint density at radius 2 is 1.85 bits per heavy atom. The van der Waals surface area contributed by atoms with E-state index in [0.29, 0.717) is 0 Å². The van der Waals surface area contributed by atoms with E-state index in [-0.39, 0.29) is 11.4 Å². The van der Waals surface area contributed by atoms with Crippen molar-refractivity contribution in [1.29, 1.82) is 0 Å². The van der Waals surface area contributed by atoms with Gasteiger partial charge in [0.2, 0.25) is 5.78 Å². The maximum Gasteiger partial charge on any atom is 0.534 e. The molecule has 0 saturated heterocycles. The standard InChI is InChI=1S/C13H9F3N2O7S/c1-6(19)11-18-8(5-24-11)10-9(25-26(21,22)13(14,15)16)4-3-7(17-10)12(20)23-2/h3-5H,1-2H3. The van der Waals surface area contributed by atoms with Crippen LogP contribution in [0.25, 0.3) is 11.4 Å². The topological polar surface area (TPSA) is 126 Å². The molecule has 0 saturated carbocycles. The summed E-state index contributed by atoms with van der Waals surface area (Å²) < 4.78 is 73.4. The minimum absolute atomic E-state index is 0.326. The summed E-state index contributed by atoms with van der Waals surface area (Å²) in [5, 5.41) is 0. The fourth-order valence-electron chi connectivity index (χ4n) is 1.63. The summed E-state index contributed by atoms with van der Waals surface area (Å²) in [7, 11) is -4.98. The van der Waals surface area contributed by atoms with Crippen LogP contribution in [-0.2, 0) is 14.9 Å². The van der Waals surface area contributed by atoms with E-state index in [1.54, 1.807) is 0 Å². The van der Waals surface area contributed by atoms with E-state index >= 15 is 0 Å². The predicted octanol–water partition coefficient (Wildman–Crippen LogP) is 1.95. The molecule has 13 heteroatoms. The van der Waals surface area contributed by atoms with Crippen LogP contribution in [0.2, 0.25) is 0 Å². The summed E-state index contributed by atoms with van der Waals surface area (Å²) in [6.45, 7) is 1.11. The lowest BCUT2D eigenvalue weighted by Gasteiger charge is -2.12. The van der Waals surface area contributed by atoms with Gasteiger partial charge in [-0.3, -0.25) is 4.79 Å². The molecular weight excluding hydrogens is 385 g/mol. The van der Waals surface area contributed by atoms with Crippen LogP contribution in [0.4, 0.5) is 13.2 Å². The Morgan fingerprint density at radius 1 is 1.19 bits per heavy atom. The van der Waals surface area contributed by atoms with Crippen molar-refractivity contribution in [3.63, 3.8) is 0 Å². The molecular formula is C13H9F3N2O7S. The lowest BCUT2D eigenvalue weighted by Crippen LogP contribution is -2.28. The number of ketones is 1. The van der Waals surface area contributed by atoms with Gasteiger partial charge in [0.1, 0.15) is 23.3 Å². The van der Waals surface area contributed by atoms with Crippen molar-refractivity contribution in [3.8, 4) is 17.1 Å². The molecule has 0 atom stereocenters. The number of carbonyl (C=O) groups is 2. The molecule has 2 aromatic rings. The summed E-state index contributed by atoms with van der Waals surface area (Å²) in [5.41, 5.74) is -6.96. The monoisotopic (exact) mass is 394 g/mol. The third-order valence-corrected chi connectivity index (χ3v) is 3.75. The Morgan fingerprint density at radius 3 is 2.35 bits per heavy atom. The number of carbonyl (C=O) groups excluding carboxylic acids is 2. The molecule has 0 spiro atoms. The van der Waals surface area contributed by atoms with Crippen molar-refractivity contribution < 1.29 is 44.5 Å². The minimum atomic E-state index is -6.01. The molecule has 0 amide bonds. The lowest BCUT2D eigenvalue weighted by molar-refractivity contribution is -0.0500. The van der Waals surface area contributed by atoms with Gasteiger partial charge in [-0.15, -0.1) is 0 Å². The lowest BCUT2D eigenvalue weighted by atomic mass is 10.2. The van der Waals surface area contributed by atoms with Crippen LogP contribution in [0.1, 0.15) is 28.1 Å². The first kappa shape index (κ1) is 19.4.